The zero-order chi connectivity index (χ0) is 17.6. The van der Waals surface area contributed by atoms with Gasteiger partial charge in [0.05, 0.1) is 0 Å². The van der Waals surface area contributed by atoms with Crippen molar-refractivity contribution < 1.29 is 9.59 Å². The van der Waals surface area contributed by atoms with Crippen LogP contribution in [-0.4, -0.2) is 53.3 Å². The molecule has 136 valence electrons. The Morgan fingerprint density at radius 3 is 2.36 bits per heavy atom. The fourth-order valence-corrected chi connectivity index (χ4v) is 4.05. The first-order chi connectivity index (χ1) is 12.1. The van der Waals surface area contributed by atoms with Gasteiger partial charge >= 0.3 is 0 Å². The lowest BCUT2D eigenvalue weighted by atomic mass is 9.94. The number of hydrogen-bond acceptors (Lipinski definition) is 3. The summed E-state index contributed by atoms with van der Waals surface area (Å²) in [5.74, 6) is 0.863. The molecule has 0 spiro atoms. The maximum Gasteiger partial charge on any atom is 0.225 e. The molecule has 1 saturated heterocycles. The number of carbonyl (C=O) groups is 2. The third kappa shape index (κ3) is 4.59. The Morgan fingerprint density at radius 1 is 1.08 bits per heavy atom. The average Bonchev–Trinajstić information content (AvgIpc) is 3.20. The van der Waals surface area contributed by atoms with Crippen LogP contribution in [0.15, 0.2) is 24.5 Å². The quantitative estimate of drug-likeness (QED) is 0.825. The first-order valence-corrected chi connectivity index (χ1v) is 9.58. The number of amides is 2. The number of likely N-dealkylation sites (N-methyl/N-ethyl adjacent to an activating group) is 1. The molecule has 0 N–H and O–H groups in total. The molecule has 2 amide bonds. The summed E-state index contributed by atoms with van der Waals surface area (Å²) in [5, 5.41) is 0. The lowest BCUT2D eigenvalue weighted by molar-refractivity contribution is -0.141. The van der Waals surface area contributed by atoms with Crippen LogP contribution in [0.25, 0.3) is 0 Å². The Kier molecular flexibility index (Phi) is 6.05. The molecule has 2 heterocycles. The number of hydrogen-bond donors (Lipinski definition) is 0. The largest absolute Gasteiger partial charge is 0.345 e. The van der Waals surface area contributed by atoms with E-state index in [1.807, 2.05) is 29.0 Å². The van der Waals surface area contributed by atoms with Gasteiger partial charge in [0.15, 0.2) is 0 Å². The van der Waals surface area contributed by atoms with Crippen LogP contribution in [0.2, 0.25) is 0 Å². The molecule has 0 bridgehead atoms. The summed E-state index contributed by atoms with van der Waals surface area (Å²) in [5.41, 5.74) is 1.20. The van der Waals surface area contributed by atoms with Gasteiger partial charge < -0.3 is 9.80 Å². The second kappa shape index (κ2) is 8.45. The van der Waals surface area contributed by atoms with Crippen molar-refractivity contribution in [3.05, 3.63) is 30.1 Å². The molecule has 2 fully saturated rings. The minimum atomic E-state index is 0.0649. The average molecular weight is 343 g/mol. The van der Waals surface area contributed by atoms with E-state index >= 15 is 0 Å². The van der Waals surface area contributed by atoms with Crippen molar-refractivity contribution >= 4 is 11.8 Å². The highest BCUT2D eigenvalue weighted by Gasteiger charge is 2.32. The summed E-state index contributed by atoms with van der Waals surface area (Å²) in [6, 6.07) is 3.98. The Balaban J connectivity index is 1.43. The molecule has 1 aliphatic heterocycles. The molecule has 25 heavy (non-hydrogen) atoms. The zero-order valence-electron chi connectivity index (χ0n) is 15.2. The van der Waals surface area contributed by atoms with Gasteiger partial charge in [0, 0.05) is 50.9 Å². The van der Waals surface area contributed by atoms with Gasteiger partial charge in [-0.05, 0) is 49.8 Å². The summed E-state index contributed by atoms with van der Waals surface area (Å²) >= 11 is 0. The summed E-state index contributed by atoms with van der Waals surface area (Å²) < 4.78 is 0. The smallest absolute Gasteiger partial charge is 0.225 e. The van der Waals surface area contributed by atoms with Crippen LogP contribution < -0.4 is 0 Å². The number of aromatic nitrogens is 1. The molecule has 1 aliphatic carbocycles. The normalized spacial score (nSPS) is 19.2. The van der Waals surface area contributed by atoms with Gasteiger partial charge in [-0.15, -0.1) is 0 Å². The van der Waals surface area contributed by atoms with E-state index in [-0.39, 0.29) is 17.7 Å². The van der Waals surface area contributed by atoms with Crippen LogP contribution in [-0.2, 0) is 16.0 Å². The van der Waals surface area contributed by atoms with E-state index in [2.05, 4.69) is 4.98 Å². The SMILES string of the molecule is CN(CCc1ccncc1)C(=O)C1CCN(C(=O)C2CCCC2)CC1. The molecule has 1 aromatic heterocycles. The highest BCUT2D eigenvalue weighted by Crippen LogP contribution is 2.28. The molecule has 3 rings (SSSR count). The van der Waals surface area contributed by atoms with E-state index in [9.17, 15) is 9.59 Å². The van der Waals surface area contributed by atoms with Crippen molar-refractivity contribution in [3.8, 4) is 0 Å². The molecule has 0 radical (unpaired) electrons. The van der Waals surface area contributed by atoms with E-state index in [1.165, 1.54) is 18.4 Å². The number of rotatable bonds is 5. The minimum absolute atomic E-state index is 0.0649. The van der Waals surface area contributed by atoms with Crippen LogP contribution in [0.5, 0.6) is 0 Å². The molecule has 5 heteroatoms. The number of pyridine rings is 1. The first kappa shape index (κ1) is 17.9. The van der Waals surface area contributed by atoms with Gasteiger partial charge in [-0.2, -0.15) is 0 Å². The molecule has 5 nitrogen and oxygen atoms in total. The monoisotopic (exact) mass is 343 g/mol. The van der Waals surface area contributed by atoms with Crippen molar-refractivity contribution in [2.45, 2.75) is 44.9 Å². The van der Waals surface area contributed by atoms with Gasteiger partial charge in [0.1, 0.15) is 0 Å². The topological polar surface area (TPSA) is 53.5 Å². The van der Waals surface area contributed by atoms with Crippen molar-refractivity contribution in [2.24, 2.45) is 11.8 Å². The lowest BCUT2D eigenvalue weighted by Crippen LogP contribution is -2.45. The summed E-state index contributed by atoms with van der Waals surface area (Å²) in [6.45, 7) is 2.21. The third-order valence-electron chi connectivity index (χ3n) is 5.72. The second-order valence-electron chi connectivity index (χ2n) is 7.45. The molecule has 0 atom stereocenters. The minimum Gasteiger partial charge on any atom is -0.345 e. The molecule has 1 saturated carbocycles. The maximum atomic E-state index is 12.7. The second-order valence-corrected chi connectivity index (χ2v) is 7.45. The maximum absolute atomic E-state index is 12.7. The van der Waals surface area contributed by atoms with Crippen molar-refractivity contribution in [1.82, 2.24) is 14.8 Å². The van der Waals surface area contributed by atoms with E-state index in [4.69, 9.17) is 0 Å². The van der Waals surface area contributed by atoms with Gasteiger partial charge in [0.2, 0.25) is 11.8 Å². The summed E-state index contributed by atoms with van der Waals surface area (Å²) in [4.78, 5) is 33.0. The summed E-state index contributed by atoms with van der Waals surface area (Å²) in [6.07, 6.45) is 10.5. The highest BCUT2D eigenvalue weighted by atomic mass is 16.2. The molecule has 2 aliphatic rings. The Bertz CT molecular complexity index is 576. The van der Waals surface area contributed by atoms with E-state index in [0.29, 0.717) is 5.91 Å². The standard InChI is InChI=1S/C20H29N3O2/c1-22(13-8-16-6-11-21-12-7-16)19(24)18-9-14-23(15-10-18)20(25)17-4-2-3-5-17/h6-7,11-12,17-18H,2-5,8-10,13-15H2,1H3. The number of nitrogens with zero attached hydrogens (tertiary/aromatic N) is 3. The number of piperidine rings is 1. The van der Waals surface area contributed by atoms with Crippen LogP contribution in [0.1, 0.15) is 44.1 Å². The van der Waals surface area contributed by atoms with Crippen LogP contribution in [0.4, 0.5) is 0 Å². The van der Waals surface area contributed by atoms with E-state index in [0.717, 1.165) is 51.7 Å². The Labute approximate surface area is 150 Å². The predicted octanol–water partition coefficient (Wildman–Crippen LogP) is 2.51. The van der Waals surface area contributed by atoms with Crippen LogP contribution in [0.3, 0.4) is 0 Å². The highest BCUT2D eigenvalue weighted by molar-refractivity contribution is 5.81. The van der Waals surface area contributed by atoms with Gasteiger partial charge in [-0.3, -0.25) is 14.6 Å². The number of likely N-dealkylation sites (tertiary alicyclic amines) is 1. The van der Waals surface area contributed by atoms with Crippen molar-refractivity contribution in [3.63, 3.8) is 0 Å². The number of carbonyl (C=O) groups excluding carboxylic acids is 2. The van der Waals surface area contributed by atoms with Crippen molar-refractivity contribution in [1.29, 1.82) is 0 Å². The fourth-order valence-electron chi connectivity index (χ4n) is 4.05. The first-order valence-electron chi connectivity index (χ1n) is 9.58. The Morgan fingerprint density at radius 2 is 1.72 bits per heavy atom. The molecular weight excluding hydrogens is 314 g/mol. The summed E-state index contributed by atoms with van der Waals surface area (Å²) in [7, 11) is 1.89. The van der Waals surface area contributed by atoms with Crippen LogP contribution >= 0.6 is 0 Å². The van der Waals surface area contributed by atoms with E-state index < -0.39 is 0 Å². The van der Waals surface area contributed by atoms with Crippen molar-refractivity contribution in [2.75, 3.05) is 26.7 Å². The third-order valence-corrected chi connectivity index (χ3v) is 5.72. The fraction of sp³-hybridized carbons (Fsp3) is 0.650. The molecule has 0 unspecified atom stereocenters. The van der Waals surface area contributed by atoms with E-state index in [1.54, 1.807) is 12.4 Å². The molecule has 1 aromatic rings. The van der Waals surface area contributed by atoms with Gasteiger partial charge in [-0.25, -0.2) is 0 Å². The zero-order valence-corrected chi connectivity index (χ0v) is 15.2. The molecular formula is C20H29N3O2. The van der Waals surface area contributed by atoms with Crippen LogP contribution in [0, 0.1) is 11.8 Å². The molecule has 0 aromatic carbocycles. The van der Waals surface area contributed by atoms with Gasteiger partial charge in [-0.1, -0.05) is 12.8 Å². The Hall–Kier alpha value is -1.91. The predicted molar refractivity (Wildman–Crippen MR) is 96.8 cm³/mol. The lowest BCUT2D eigenvalue weighted by Gasteiger charge is -2.34. The van der Waals surface area contributed by atoms with Gasteiger partial charge in [0.25, 0.3) is 0 Å².